The minimum Gasteiger partial charge on any atom is -0.493 e. The molecule has 1 N–H and O–H groups in total. The predicted octanol–water partition coefficient (Wildman–Crippen LogP) is 4.95. The number of aryl methyl sites for hydroxylation is 2. The van der Waals surface area contributed by atoms with Gasteiger partial charge < -0.3 is 14.2 Å². The number of anilines is 1. The highest BCUT2D eigenvalue weighted by molar-refractivity contribution is 14.1. The van der Waals surface area contributed by atoms with Crippen LogP contribution in [0.5, 0.6) is 11.5 Å². The number of imide groups is 2. The maximum absolute atomic E-state index is 13.3. The van der Waals surface area contributed by atoms with Crippen LogP contribution < -0.4 is 19.7 Å². The Kier molecular flexibility index (Phi) is 8.34. The van der Waals surface area contributed by atoms with Crippen LogP contribution in [0, 0.1) is 17.4 Å². The molecule has 1 aliphatic rings. The van der Waals surface area contributed by atoms with Gasteiger partial charge in [0.05, 0.1) is 29.0 Å². The fourth-order valence-corrected chi connectivity index (χ4v) is 4.98. The van der Waals surface area contributed by atoms with Crippen LogP contribution in [-0.4, -0.2) is 38.0 Å². The Bertz CT molecular complexity index is 1490. The topological polar surface area (TPSA) is 111 Å². The van der Waals surface area contributed by atoms with Gasteiger partial charge in [-0.1, -0.05) is 29.3 Å². The first-order valence-electron chi connectivity index (χ1n) is 11.8. The third-order valence-electron chi connectivity index (χ3n) is 5.88. The van der Waals surface area contributed by atoms with Crippen molar-refractivity contribution in [1.29, 1.82) is 0 Å². The number of rotatable bonds is 7. The lowest BCUT2D eigenvalue weighted by molar-refractivity contribution is -0.122. The number of methoxy groups -OCH3 is 2. The molecule has 0 unspecified atom stereocenters. The molecular formula is C29H25IN2O7. The normalized spacial score (nSPS) is 14.3. The molecule has 0 radical (unpaired) electrons. The van der Waals surface area contributed by atoms with E-state index in [1.54, 1.807) is 12.1 Å². The van der Waals surface area contributed by atoms with Gasteiger partial charge in [0.1, 0.15) is 12.2 Å². The molecule has 4 amide bonds. The smallest absolute Gasteiger partial charge is 0.337 e. The fraction of sp³-hybridized carbons (Fsp3) is 0.172. The molecule has 0 aromatic heterocycles. The molecule has 0 aliphatic carbocycles. The van der Waals surface area contributed by atoms with E-state index in [0.29, 0.717) is 27.2 Å². The van der Waals surface area contributed by atoms with Crippen LogP contribution in [0.1, 0.15) is 32.6 Å². The summed E-state index contributed by atoms with van der Waals surface area (Å²) in [4.78, 5) is 51.0. The number of urea groups is 1. The molecule has 3 aromatic rings. The number of barbiturate groups is 1. The van der Waals surface area contributed by atoms with Gasteiger partial charge in [-0.15, -0.1) is 0 Å². The van der Waals surface area contributed by atoms with Crippen molar-refractivity contribution in [3.05, 3.63) is 91.6 Å². The minimum atomic E-state index is -0.893. The highest BCUT2D eigenvalue weighted by atomic mass is 127. The van der Waals surface area contributed by atoms with Gasteiger partial charge in [0.25, 0.3) is 11.8 Å². The average Bonchev–Trinajstić information content (AvgIpc) is 2.89. The Morgan fingerprint density at radius 2 is 1.64 bits per heavy atom. The van der Waals surface area contributed by atoms with Crippen LogP contribution in [0.4, 0.5) is 10.5 Å². The van der Waals surface area contributed by atoms with Crippen LogP contribution in [0.3, 0.4) is 0 Å². The monoisotopic (exact) mass is 640 g/mol. The first-order chi connectivity index (χ1) is 18.6. The number of carbonyl (C=O) groups excluding carboxylic acids is 4. The molecule has 1 saturated heterocycles. The quantitative estimate of drug-likeness (QED) is 0.169. The highest BCUT2D eigenvalue weighted by Gasteiger charge is 2.37. The molecule has 10 heteroatoms. The summed E-state index contributed by atoms with van der Waals surface area (Å²) < 4.78 is 17.0. The molecular weight excluding hydrogens is 615 g/mol. The zero-order chi connectivity index (χ0) is 28.3. The van der Waals surface area contributed by atoms with E-state index in [1.165, 1.54) is 44.6 Å². The number of amides is 4. The summed E-state index contributed by atoms with van der Waals surface area (Å²) >= 11 is 2.10. The number of benzene rings is 3. The number of ether oxygens (including phenoxy) is 3. The second kappa shape index (κ2) is 11.7. The van der Waals surface area contributed by atoms with Crippen molar-refractivity contribution in [2.24, 2.45) is 0 Å². The largest absolute Gasteiger partial charge is 0.493 e. The van der Waals surface area contributed by atoms with Gasteiger partial charge in [0, 0.05) is 0 Å². The lowest BCUT2D eigenvalue weighted by Gasteiger charge is -2.26. The molecule has 4 rings (SSSR count). The molecule has 0 bridgehead atoms. The van der Waals surface area contributed by atoms with E-state index in [0.717, 1.165) is 21.6 Å². The Hall–Kier alpha value is -4.19. The summed E-state index contributed by atoms with van der Waals surface area (Å²) in [5.41, 5.74) is 3.99. The third kappa shape index (κ3) is 6.11. The zero-order valence-corrected chi connectivity index (χ0v) is 23.8. The van der Waals surface area contributed by atoms with Crippen LogP contribution in [-0.2, 0) is 20.9 Å². The van der Waals surface area contributed by atoms with E-state index >= 15 is 0 Å². The number of hydrogen-bond donors (Lipinski definition) is 1. The molecule has 0 spiro atoms. The fourth-order valence-electron chi connectivity index (χ4n) is 4.19. The van der Waals surface area contributed by atoms with E-state index in [-0.39, 0.29) is 16.8 Å². The Morgan fingerprint density at radius 1 is 0.974 bits per heavy atom. The summed E-state index contributed by atoms with van der Waals surface area (Å²) in [5.74, 6) is -1.23. The SMILES string of the molecule is COC(=O)c1ccc(N2C(=O)NC(=O)/C(=C\c3cc(I)c(OCc4cc(C)cc(C)c4)c(OC)c3)C2=O)cc1. The third-order valence-corrected chi connectivity index (χ3v) is 6.68. The Morgan fingerprint density at radius 3 is 2.26 bits per heavy atom. The van der Waals surface area contributed by atoms with Crippen LogP contribution >= 0.6 is 22.6 Å². The lowest BCUT2D eigenvalue weighted by atomic mass is 10.1. The van der Waals surface area contributed by atoms with Gasteiger partial charge in [-0.05, 0) is 90.0 Å². The van der Waals surface area contributed by atoms with Crippen LogP contribution in [0.25, 0.3) is 6.08 Å². The summed E-state index contributed by atoms with van der Waals surface area (Å²) in [6.45, 7) is 4.39. The maximum Gasteiger partial charge on any atom is 0.337 e. The van der Waals surface area contributed by atoms with Crippen LogP contribution in [0.2, 0.25) is 0 Å². The van der Waals surface area contributed by atoms with Crippen molar-refractivity contribution in [2.45, 2.75) is 20.5 Å². The number of carbonyl (C=O) groups is 4. The van der Waals surface area contributed by atoms with Gasteiger partial charge in [-0.25, -0.2) is 14.5 Å². The Labute approximate surface area is 238 Å². The molecule has 9 nitrogen and oxygen atoms in total. The maximum atomic E-state index is 13.3. The van der Waals surface area contributed by atoms with Gasteiger partial charge in [0.15, 0.2) is 11.5 Å². The first kappa shape index (κ1) is 27.8. The second-order valence-electron chi connectivity index (χ2n) is 8.82. The number of nitrogens with zero attached hydrogens (tertiary/aromatic N) is 1. The van der Waals surface area contributed by atoms with Gasteiger partial charge in [0.2, 0.25) is 0 Å². The molecule has 39 heavy (non-hydrogen) atoms. The molecule has 1 aliphatic heterocycles. The molecule has 0 atom stereocenters. The molecule has 1 fully saturated rings. The molecule has 3 aromatic carbocycles. The number of esters is 1. The molecule has 1 heterocycles. The zero-order valence-electron chi connectivity index (χ0n) is 21.7. The van der Waals surface area contributed by atoms with Crippen molar-refractivity contribution in [1.82, 2.24) is 5.32 Å². The van der Waals surface area contributed by atoms with Crippen LogP contribution in [0.15, 0.2) is 60.2 Å². The highest BCUT2D eigenvalue weighted by Crippen LogP contribution is 2.35. The average molecular weight is 640 g/mol. The first-order valence-corrected chi connectivity index (χ1v) is 12.9. The van der Waals surface area contributed by atoms with Crippen molar-refractivity contribution in [2.75, 3.05) is 19.1 Å². The van der Waals surface area contributed by atoms with Gasteiger partial charge >= 0.3 is 12.0 Å². The standard InChI is InChI=1S/C29H25IN2O7/c1-16-9-17(2)11-19(10-16)15-39-25-23(30)13-18(14-24(25)37-3)12-22-26(33)31-29(36)32(27(22)34)21-7-5-20(6-8-21)28(35)38-4/h5-14H,15H2,1-4H3,(H,31,33,36)/b22-12+. The van der Waals surface area contributed by atoms with E-state index in [2.05, 4.69) is 50.8 Å². The lowest BCUT2D eigenvalue weighted by Crippen LogP contribution is -2.54. The van der Waals surface area contributed by atoms with Crippen molar-refractivity contribution in [3.8, 4) is 11.5 Å². The van der Waals surface area contributed by atoms with Crippen molar-refractivity contribution >= 4 is 58.2 Å². The molecule has 200 valence electrons. The van der Waals surface area contributed by atoms with E-state index in [4.69, 9.17) is 9.47 Å². The van der Waals surface area contributed by atoms with E-state index < -0.39 is 23.8 Å². The second-order valence-corrected chi connectivity index (χ2v) is 9.98. The van der Waals surface area contributed by atoms with Gasteiger partial charge in [-0.3, -0.25) is 14.9 Å². The number of nitrogens with one attached hydrogen (secondary N) is 1. The summed E-state index contributed by atoms with van der Waals surface area (Å²) in [6.07, 6.45) is 1.39. The minimum absolute atomic E-state index is 0.186. The number of hydrogen-bond acceptors (Lipinski definition) is 7. The van der Waals surface area contributed by atoms with E-state index in [9.17, 15) is 19.2 Å². The molecule has 0 saturated carbocycles. The van der Waals surface area contributed by atoms with Gasteiger partial charge in [-0.2, -0.15) is 0 Å². The Balaban J connectivity index is 1.62. The van der Waals surface area contributed by atoms with Crippen molar-refractivity contribution < 1.29 is 33.4 Å². The number of halogens is 1. The van der Waals surface area contributed by atoms with Crippen molar-refractivity contribution in [3.63, 3.8) is 0 Å². The summed E-state index contributed by atoms with van der Waals surface area (Å²) in [6, 6.07) is 14.4. The summed E-state index contributed by atoms with van der Waals surface area (Å²) in [5, 5.41) is 2.19. The predicted molar refractivity (Wildman–Crippen MR) is 153 cm³/mol. The van der Waals surface area contributed by atoms with E-state index in [1.807, 2.05) is 13.8 Å². The summed E-state index contributed by atoms with van der Waals surface area (Å²) in [7, 11) is 2.75.